The van der Waals surface area contributed by atoms with Crippen LogP contribution in [0.25, 0.3) is 0 Å². The van der Waals surface area contributed by atoms with E-state index >= 15 is 0 Å². The Morgan fingerprint density at radius 3 is 2.83 bits per heavy atom. The topological polar surface area (TPSA) is 41.9 Å². The summed E-state index contributed by atoms with van der Waals surface area (Å²) in [5, 5.41) is 0. The first-order valence-corrected chi connectivity index (χ1v) is 6.02. The van der Waals surface area contributed by atoms with Gasteiger partial charge in [-0.15, -0.1) is 0 Å². The number of ether oxygens (including phenoxy) is 1. The standard InChI is InChI=1S/C13H15FN2O2/c14-12-9-11(15-10-17)3-4-13(12)18-8-7-16-5-1-2-6-16/h3-4,9H,1-2,5-8H2. The number of likely N-dealkylation sites (tertiary alicyclic amines) is 1. The second-order valence-electron chi connectivity index (χ2n) is 4.22. The first-order chi connectivity index (χ1) is 8.79. The second-order valence-corrected chi connectivity index (χ2v) is 4.22. The fourth-order valence-electron chi connectivity index (χ4n) is 2.02. The fourth-order valence-corrected chi connectivity index (χ4v) is 2.02. The first kappa shape index (κ1) is 12.7. The molecule has 0 unspecified atom stereocenters. The van der Waals surface area contributed by atoms with Gasteiger partial charge >= 0.3 is 0 Å². The number of rotatable bonds is 5. The van der Waals surface area contributed by atoms with E-state index in [1.807, 2.05) is 0 Å². The summed E-state index contributed by atoms with van der Waals surface area (Å²) in [4.78, 5) is 15.7. The van der Waals surface area contributed by atoms with Crippen molar-refractivity contribution in [2.75, 3.05) is 26.2 Å². The minimum absolute atomic E-state index is 0.194. The van der Waals surface area contributed by atoms with Crippen LogP contribution in [0.1, 0.15) is 12.8 Å². The highest BCUT2D eigenvalue weighted by atomic mass is 19.1. The lowest BCUT2D eigenvalue weighted by molar-refractivity contribution is 0.231. The Labute approximate surface area is 105 Å². The highest BCUT2D eigenvalue weighted by molar-refractivity contribution is 5.50. The summed E-state index contributed by atoms with van der Waals surface area (Å²) < 4.78 is 18.9. The van der Waals surface area contributed by atoms with Crippen LogP contribution in [-0.4, -0.2) is 37.2 Å². The van der Waals surface area contributed by atoms with Crippen LogP contribution < -0.4 is 4.74 Å². The Morgan fingerprint density at radius 2 is 2.17 bits per heavy atom. The molecule has 1 heterocycles. The summed E-state index contributed by atoms with van der Waals surface area (Å²) in [5.41, 5.74) is 0.245. The zero-order valence-electron chi connectivity index (χ0n) is 10.1. The molecule has 1 aliphatic heterocycles. The van der Waals surface area contributed by atoms with Crippen LogP contribution in [0.4, 0.5) is 10.1 Å². The van der Waals surface area contributed by atoms with Crippen LogP contribution >= 0.6 is 0 Å². The zero-order chi connectivity index (χ0) is 12.8. The monoisotopic (exact) mass is 250 g/mol. The van der Waals surface area contributed by atoms with Gasteiger partial charge in [-0.25, -0.2) is 9.18 Å². The van der Waals surface area contributed by atoms with Crippen molar-refractivity contribution in [1.82, 2.24) is 4.90 Å². The SMILES string of the molecule is O=C=Nc1ccc(OCCN2CCCC2)c(F)c1. The Balaban J connectivity index is 1.86. The predicted molar refractivity (Wildman–Crippen MR) is 65.4 cm³/mol. The third-order valence-corrected chi connectivity index (χ3v) is 2.95. The maximum atomic E-state index is 13.5. The number of benzene rings is 1. The molecule has 5 heteroatoms. The van der Waals surface area contributed by atoms with Crippen LogP contribution in [0, 0.1) is 5.82 Å². The summed E-state index contributed by atoms with van der Waals surface area (Å²) in [6.45, 7) is 3.47. The normalized spacial score (nSPS) is 15.4. The van der Waals surface area contributed by atoms with Crippen molar-refractivity contribution in [3.63, 3.8) is 0 Å². The molecule has 0 atom stereocenters. The molecule has 0 aliphatic carbocycles. The number of hydrogen-bond donors (Lipinski definition) is 0. The first-order valence-electron chi connectivity index (χ1n) is 6.02. The molecular formula is C13H15FN2O2. The van der Waals surface area contributed by atoms with E-state index < -0.39 is 5.82 Å². The van der Waals surface area contributed by atoms with Crippen molar-refractivity contribution in [3.8, 4) is 5.75 Å². The molecule has 0 aromatic heterocycles. The minimum Gasteiger partial charge on any atom is -0.489 e. The van der Waals surface area contributed by atoms with E-state index in [0.717, 1.165) is 25.7 Å². The fraction of sp³-hybridized carbons (Fsp3) is 0.462. The largest absolute Gasteiger partial charge is 0.489 e. The van der Waals surface area contributed by atoms with Gasteiger partial charge in [0.05, 0.1) is 5.69 Å². The van der Waals surface area contributed by atoms with Gasteiger partial charge in [0.25, 0.3) is 0 Å². The van der Waals surface area contributed by atoms with Gasteiger partial charge in [0.15, 0.2) is 11.6 Å². The molecule has 18 heavy (non-hydrogen) atoms. The quantitative estimate of drug-likeness (QED) is 0.594. The molecule has 1 saturated heterocycles. The van der Waals surface area contributed by atoms with Crippen LogP contribution in [0.2, 0.25) is 0 Å². The molecule has 2 rings (SSSR count). The maximum Gasteiger partial charge on any atom is 0.240 e. The van der Waals surface area contributed by atoms with Gasteiger partial charge in [-0.2, -0.15) is 4.99 Å². The van der Waals surface area contributed by atoms with E-state index in [0.29, 0.717) is 6.61 Å². The van der Waals surface area contributed by atoms with Crippen molar-refractivity contribution in [3.05, 3.63) is 24.0 Å². The van der Waals surface area contributed by atoms with Gasteiger partial charge in [0, 0.05) is 12.6 Å². The summed E-state index contributed by atoms with van der Waals surface area (Å²) in [5.74, 6) is -0.313. The van der Waals surface area contributed by atoms with E-state index in [4.69, 9.17) is 4.74 Å². The molecule has 4 nitrogen and oxygen atoms in total. The van der Waals surface area contributed by atoms with Gasteiger partial charge in [0.2, 0.25) is 6.08 Å². The number of nitrogens with zero attached hydrogens (tertiary/aromatic N) is 2. The van der Waals surface area contributed by atoms with Gasteiger partial charge < -0.3 is 4.74 Å². The zero-order valence-corrected chi connectivity index (χ0v) is 10.1. The molecule has 0 N–H and O–H groups in total. The molecule has 0 radical (unpaired) electrons. The van der Waals surface area contributed by atoms with Crippen molar-refractivity contribution < 1.29 is 13.9 Å². The number of aliphatic imine (C=N–C) groups is 1. The average molecular weight is 250 g/mol. The maximum absolute atomic E-state index is 13.5. The molecular weight excluding hydrogens is 235 g/mol. The molecule has 0 bridgehead atoms. The number of hydrogen-bond acceptors (Lipinski definition) is 4. The molecule has 0 spiro atoms. The molecule has 1 aliphatic rings. The summed E-state index contributed by atoms with van der Waals surface area (Å²) in [7, 11) is 0. The molecule has 1 aromatic carbocycles. The molecule has 1 aromatic rings. The van der Waals surface area contributed by atoms with E-state index in [-0.39, 0.29) is 11.4 Å². The summed E-state index contributed by atoms with van der Waals surface area (Å²) in [6, 6.07) is 4.17. The highest BCUT2D eigenvalue weighted by Crippen LogP contribution is 2.22. The van der Waals surface area contributed by atoms with E-state index in [1.165, 1.54) is 31.1 Å². The molecule has 0 amide bonds. The van der Waals surface area contributed by atoms with Gasteiger partial charge in [-0.05, 0) is 38.1 Å². The average Bonchev–Trinajstić information content (AvgIpc) is 2.85. The smallest absolute Gasteiger partial charge is 0.240 e. The summed E-state index contributed by atoms with van der Waals surface area (Å²) in [6.07, 6.45) is 3.83. The number of carbonyl (C=O) groups excluding carboxylic acids is 1. The minimum atomic E-state index is -0.507. The Bertz CT molecular complexity index is 452. The van der Waals surface area contributed by atoms with Crippen LogP contribution in [0.5, 0.6) is 5.75 Å². The third kappa shape index (κ3) is 3.39. The van der Waals surface area contributed by atoms with E-state index in [9.17, 15) is 9.18 Å². The summed E-state index contributed by atoms with van der Waals surface area (Å²) >= 11 is 0. The van der Waals surface area contributed by atoms with Crippen LogP contribution in [-0.2, 0) is 4.79 Å². The van der Waals surface area contributed by atoms with Gasteiger partial charge in [-0.3, -0.25) is 4.90 Å². The van der Waals surface area contributed by atoms with E-state index in [2.05, 4.69) is 9.89 Å². The number of halogens is 1. The third-order valence-electron chi connectivity index (χ3n) is 2.95. The van der Waals surface area contributed by atoms with E-state index in [1.54, 1.807) is 0 Å². The Morgan fingerprint density at radius 1 is 1.39 bits per heavy atom. The number of isocyanates is 1. The van der Waals surface area contributed by atoms with Gasteiger partial charge in [-0.1, -0.05) is 0 Å². The van der Waals surface area contributed by atoms with Crippen molar-refractivity contribution in [2.45, 2.75) is 12.8 Å². The lowest BCUT2D eigenvalue weighted by Gasteiger charge is -2.15. The Kier molecular flexibility index (Phi) is 4.45. The van der Waals surface area contributed by atoms with Crippen molar-refractivity contribution in [2.24, 2.45) is 4.99 Å². The van der Waals surface area contributed by atoms with Crippen LogP contribution in [0.15, 0.2) is 23.2 Å². The van der Waals surface area contributed by atoms with Crippen molar-refractivity contribution >= 4 is 11.8 Å². The molecule has 96 valence electrons. The Hall–Kier alpha value is -1.71. The van der Waals surface area contributed by atoms with Crippen LogP contribution in [0.3, 0.4) is 0 Å². The lowest BCUT2D eigenvalue weighted by atomic mass is 10.3. The molecule has 0 saturated carbocycles. The highest BCUT2D eigenvalue weighted by Gasteiger charge is 2.11. The predicted octanol–water partition coefficient (Wildman–Crippen LogP) is 2.27. The van der Waals surface area contributed by atoms with Gasteiger partial charge in [0.1, 0.15) is 6.61 Å². The molecule has 1 fully saturated rings. The second kappa shape index (κ2) is 6.28. The van der Waals surface area contributed by atoms with Crippen molar-refractivity contribution in [1.29, 1.82) is 0 Å². The lowest BCUT2D eigenvalue weighted by Crippen LogP contribution is -2.25.